The summed E-state index contributed by atoms with van der Waals surface area (Å²) in [5.41, 5.74) is 2.44. The van der Waals surface area contributed by atoms with Crippen molar-refractivity contribution in [2.45, 2.75) is 32.7 Å². The fourth-order valence-corrected chi connectivity index (χ4v) is 2.09. The van der Waals surface area contributed by atoms with Crippen molar-refractivity contribution in [3.8, 4) is 0 Å². The topological polar surface area (TPSA) is 29.5 Å². The Kier molecular flexibility index (Phi) is 2.57. The lowest BCUT2D eigenvalue weighted by atomic mass is 9.94. The lowest BCUT2D eigenvalue weighted by molar-refractivity contribution is -0.0932. The van der Waals surface area contributed by atoms with Crippen LogP contribution in [0.15, 0.2) is 24.3 Å². The van der Waals surface area contributed by atoms with Gasteiger partial charge in [-0.2, -0.15) is 0 Å². The van der Waals surface area contributed by atoms with Crippen molar-refractivity contribution in [1.29, 1.82) is 0 Å². The second kappa shape index (κ2) is 3.71. The molecule has 0 amide bonds. The number of rotatable bonds is 1. The molecule has 14 heavy (non-hydrogen) atoms. The first-order valence-corrected chi connectivity index (χ1v) is 5.07. The van der Waals surface area contributed by atoms with E-state index in [0.29, 0.717) is 5.92 Å². The third-order valence-electron chi connectivity index (χ3n) is 2.89. The Hall–Kier alpha value is -0.860. The molecule has 76 valence electrons. The second-order valence-corrected chi connectivity index (χ2v) is 4.08. The van der Waals surface area contributed by atoms with Crippen LogP contribution in [0.1, 0.15) is 30.6 Å². The third-order valence-corrected chi connectivity index (χ3v) is 2.89. The van der Waals surface area contributed by atoms with E-state index in [1.165, 1.54) is 11.1 Å². The van der Waals surface area contributed by atoms with E-state index in [1.807, 2.05) is 12.1 Å². The zero-order valence-corrected chi connectivity index (χ0v) is 8.60. The van der Waals surface area contributed by atoms with Crippen molar-refractivity contribution >= 4 is 0 Å². The van der Waals surface area contributed by atoms with E-state index in [0.717, 1.165) is 6.42 Å². The molecule has 1 heterocycles. The van der Waals surface area contributed by atoms with Crippen molar-refractivity contribution < 1.29 is 9.84 Å². The summed E-state index contributed by atoms with van der Waals surface area (Å²) < 4.78 is 5.50. The Morgan fingerprint density at radius 1 is 1.36 bits per heavy atom. The van der Waals surface area contributed by atoms with Gasteiger partial charge in [0.05, 0.1) is 6.10 Å². The summed E-state index contributed by atoms with van der Waals surface area (Å²) >= 11 is 0. The number of ether oxygens (including phenoxy) is 1. The van der Waals surface area contributed by atoms with Crippen LogP contribution in [0.4, 0.5) is 0 Å². The second-order valence-electron chi connectivity index (χ2n) is 4.08. The maximum atomic E-state index is 9.40. The van der Waals surface area contributed by atoms with E-state index in [2.05, 4.69) is 26.0 Å². The predicted molar refractivity (Wildman–Crippen MR) is 54.8 cm³/mol. The average Bonchev–Trinajstić information content (AvgIpc) is 2.46. The van der Waals surface area contributed by atoms with E-state index in [-0.39, 0.29) is 6.10 Å². The Morgan fingerprint density at radius 3 is 2.64 bits per heavy atom. The fourth-order valence-electron chi connectivity index (χ4n) is 2.09. The molecule has 1 N–H and O–H groups in total. The molecule has 1 fully saturated rings. The molecule has 2 rings (SSSR count). The SMILES string of the molecule is Cc1ccccc1[C@@H]1O[C@@H](O)C[C@@H]1C. The lowest BCUT2D eigenvalue weighted by Crippen LogP contribution is -2.06. The van der Waals surface area contributed by atoms with Crippen LogP contribution in [-0.2, 0) is 4.74 Å². The van der Waals surface area contributed by atoms with Crippen molar-refractivity contribution in [1.82, 2.24) is 0 Å². The molecule has 1 aromatic rings. The molecule has 0 spiro atoms. The van der Waals surface area contributed by atoms with Gasteiger partial charge in [-0.1, -0.05) is 31.2 Å². The van der Waals surface area contributed by atoms with Gasteiger partial charge in [0.1, 0.15) is 0 Å². The highest BCUT2D eigenvalue weighted by atomic mass is 16.6. The highest BCUT2D eigenvalue weighted by molar-refractivity contribution is 5.28. The van der Waals surface area contributed by atoms with E-state index < -0.39 is 6.29 Å². The van der Waals surface area contributed by atoms with Crippen LogP contribution >= 0.6 is 0 Å². The highest BCUT2D eigenvalue weighted by Gasteiger charge is 2.32. The molecule has 0 unspecified atom stereocenters. The zero-order valence-electron chi connectivity index (χ0n) is 8.60. The van der Waals surface area contributed by atoms with E-state index in [9.17, 15) is 5.11 Å². The highest BCUT2D eigenvalue weighted by Crippen LogP contribution is 2.37. The molecule has 1 aromatic carbocycles. The van der Waals surface area contributed by atoms with Crippen LogP contribution in [0.2, 0.25) is 0 Å². The maximum Gasteiger partial charge on any atom is 0.155 e. The molecule has 0 radical (unpaired) electrons. The number of aryl methyl sites for hydroxylation is 1. The standard InChI is InChI=1S/C12H16O2/c1-8-5-3-4-6-10(8)12-9(2)7-11(13)14-12/h3-6,9,11-13H,7H2,1-2H3/t9-,11+,12+/m0/s1. The molecule has 3 atom stereocenters. The normalized spacial score (nSPS) is 32.1. The van der Waals surface area contributed by atoms with Crippen LogP contribution in [0, 0.1) is 12.8 Å². The molecule has 1 aliphatic rings. The van der Waals surface area contributed by atoms with E-state index >= 15 is 0 Å². The smallest absolute Gasteiger partial charge is 0.155 e. The molecule has 2 heteroatoms. The molecule has 0 bridgehead atoms. The molecule has 0 saturated carbocycles. The molecular weight excluding hydrogens is 176 g/mol. The Morgan fingerprint density at radius 2 is 2.07 bits per heavy atom. The van der Waals surface area contributed by atoms with Gasteiger partial charge in [-0.15, -0.1) is 0 Å². The first-order valence-electron chi connectivity index (χ1n) is 5.07. The quantitative estimate of drug-likeness (QED) is 0.740. The van der Waals surface area contributed by atoms with Gasteiger partial charge in [0, 0.05) is 6.42 Å². The summed E-state index contributed by atoms with van der Waals surface area (Å²) in [6.07, 6.45) is 0.208. The van der Waals surface area contributed by atoms with Gasteiger partial charge in [0.2, 0.25) is 0 Å². The number of aliphatic hydroxyl groups excluding tert-OH is 1. The fraction of sp³-hybridized carbons (Fsp3) is 0.500. The summed E-state index contributed by atoms with van der Waals surface area (Å²) in [7, 11) is 0. The van der Waals surface area contributed by atoms with Crippen molar-refractivity contribution in [2.75, 3.05) is 0 Å². The minimum atomic E-state index is -0.588. The molecule has 0 aromatic heterocycles. The van der Waals surface area contributed by atoms with E-state index in [4.69, 9.17) is 4.74 Å². The van der Waals surface area contributed by atoms with Crippen LogP contribution in [0.5, 0.6) is 0 Å². The van der Waals surface area contributed by atoms with Crippen LogP contribution in [0.3, 0.4) is 0 Å². The maximum absolute atomic E-state index is 9.40. The number of aliphatic hydroxyl groups is 1. The Bertz CT molecular complexity index is 322. The number of hydrogen-bond acceptors (Lipinski definition) is 2. The van der Waals surface area contributed by atoms with Crippen LogP contribution < -0.4 is 0 Å². The first-order chi connectivity index (χ1) is 6.68. The van der Waals surface area contributed by atoms with Crippen molar-refractivity contribution in [3.05, 3.63) is 35.4 Å². The molecule has 0 aliphatic carbocycles. The largest absolute Gasteiger partial charge is 0.368 e. The summed E-state index contributed by atoms with van der Waals surface area (Å²) in [6, 6.07) is 8.20. The van der Waals surface area contributed by atoms with Gasteiger partial charge < -0.3 is 9.84 Å². The van der Waals surface area contributed by atoms with Gasteiger partial charge in [0.25, 0.3) is 0 Å². The predicted octanol–water partition coefficient (Wildman–Crippen LogP) is 2.41. The zero-order chi connectivity index (χ0) is 10.1. The Balaban J connectivity index is 2.27. The van der Waals surface area contributed by atoms with Crippen LogP contribution in [0.25, 0.3) is 0 Å². The van der Waals surface area contributed by atoms with Gasteiger partial charge in [-0.25, -0.2) is 0 Å². The first kappa shape index (κ1) is 9.69. The lowest BCUT2D eigenvalue weighted by Gasteiger charge is -2.17. The van der Waals surface area contributed by atoms with Crippen molar-refractivity contribution in [3.63, 3.8) is 0 Å². The average molecular weight is 192 g/mol. The number of hydrogen-bond donors (Lipinski definition) is 1. The van der Waals surface area contributed by atoms with Gasteiger partial charge in [0.15, 0.2) is 6.29 Å². The van der Waals surface area contributed by atoms with E-state index in [1.54, 1.807) is 0 Å². The molecule has 2 nitrogen and oxygen atoms in total. The van der Waals surface area contributed by atoms with Crippen LogP contribution in [-0.4, -0.2) is 11.4 Å². The summed E-state index contributed by atoms with van der Waals surface area (Å²) in [5, 5.41) is 9.40. The Labute approximate surface area is 84.5 Å². The monoisotopic (exact) mass is 192 g/mol. The summed E-state index contributed by atoms with van der Waals surface area (Å²) in [6.45, 7) is 4.20. The number of benzene rings is 1. The molecular formula is C12H16O2. The molecule has 1 saturated heterocycles. The van der Waals surface area contributed by atoms with Gasteiger partial charge in [-0.05, 0) is 24.0 Å². The molecule has 1 aliphatic heterocycles. The summed E-state index contributed by atoms with van der Waals surface area (Å²) in [4.78, 5) is 0. The summed E-state index contributed by atoms with van der Waals surface area (Å²) in [5.74, 6) is 0.395. The van der Waals surface area contributed by atoms with Crippen molar-refractivity contribution in [2.24, 2.45) is 5.92 Å². The minimum Gasteiger partial charge on any atom is -0.368 e. The van der Waals surface area contributed by atoms with Gasteiger partial charge in [-0.3, -0.25) is 0 Å². The minimum absolute atomic E-state index is 0.0613. The third kappa shape index (κ3) is 1.68. The van der Waals surface area contributed by atoms with Gasteiger partial charge >= 0.3 is 0 Å².